The van der Waals surface area contributed by atoms with E-state index in [1.165, 1.54) is 12.8 Å². The van der Waals surface area contributed by atoms with Crippen LogP contribution in [-0.2, 0) is 9.59 Å². The maximum absolute atomic E-state index is 11.8. The fraction of sp³-hybridized carbons (Fsp3) is 0.727. The topological polar surface area (TPSA) is 70.6 Å². The van der Waals surface area contributed by atoms with Crippen LogP contribution in [-0.4, -0.2) is 23.6 Å². The quantitative estimate of drug-likeness (QED) is 0.718. The van der Waals surface area contributed by atoms with Crippen LogP contribution in [0.2, 0.25) is 0 Å². The molecule has 2 atom stereocenters. The summed E-state index contributed by atoms with van der Waals surface area (Å²) in [6, 6.07) is 0.271. The second-order valence-corrected chi connectivity index (χ2v) is 4.58. The van der Waals surface area contributed by atoms with Gasteiger partial charge < -0.3 is 5.32 Å². The molecule has 16 heavy (non-hydrogen) atoms. The van der Waals surface area contributed by atoms with Gasteiger partial charge in [-0.1, -0.05) is 13.3 Å². The summed E-state index contributed by atoms with van der Waals surface area (Å²) in [4.78, 5) is 22.7. The van der Waals surface area contributed by atoms with Crippen molar-refractivity contribution in [2.45, 2.75) is 45.1 Å². The van der Waals surface area contributed by atoms with Crippen LogP contribution in [0.25, 0.3) is 0 Å². The number of hydrogen-bond donors (Lipinski definition) is 2. The molecule has 0 spiro atoms. The van der Waals surface area contributed by atoms with Gasteiger partial charge in [0.1, 0.15) is 5.71 Å². The molecule has 0 aromatic heterocycles. The van der Waals surface area contributed by atoms with Crippen LogP contribution in [0.15, 0.2) is 5.10 Å². The maximum Gasteiger partial charge on any atom is 0.267 e. The van der Waals surface area contributed by atoms with E-state index in [0.29, 0.717) is 24.5 Å². The Balaban J connectivity index is 1.90. The van der Waals surface area contributed by atoms with E-state index in [1.807, 2.05) is 0 Å². The van der Waals surface area contributed by atoms with Gasteiger partial charge in [0, 0.05) is 18.9 Å². The molecular weight excluding hydrogens is 206 g/mol. The molecular formula is C11H17N3O2. The van der Waals surface area contributed by atoms with Gasteiger partial charge in [-0.3, -0.25) is 9.59 Å². The highest BCUT2D eigenvalue weighted by molar-refractivity contribution is 6.39. The molecule has 1 aliphatic heterocycles. The van der Waals surface area contributed by atoms with E-state index < -0.39 is 0 Å². The SMILES string of the molecule is CC1CCCC1NC(=O)C1=NNC(=O)CC1. The largest absolute Gasteiger partial charge is 0.348 e. The minimum Gasteiger partial charge on any atom is -0.348 e. The Bertz CT molecular complexity index is 338. The highest BCUT2D eigenvalue weighted by Crippen LogP contribution is 2.24. The highest BCUT2D eigenvalue weighted by Gasteiger charge is 2.27. The average Bonchev–Trinajstić information content (AvgIpc) is 2.65. The second kappa shape index (κ2) is 4.63. The molecule has 1 saturated carbocycles. The minimum atomic E-state index is -0.126. The zero-order chi connectivity index (χ0) is 11.5. The summed E-state index contributed by atoms with van der Waals surface area (Å²) in [5.74, 6) is 0.298. The number of amides is 2. The smallest absolute Gasteiger partial charge is 0.267 e. The minimum absolute atomic E-state index is 0.120. The van der Waals surface area contributed by atoms with Crippen molar-refractivity contribution in [1.82, 2.24) is 10.7 Å². The van der Waals surface area contributed by atoms with Crippen LogP contribution in [0.4, 0.5) is 0 Å². The fourth-order valence-electron chi connectivity index (χ4n) is 2.25. The van der Waals surface area contributed by atoms with Crippen molar-refractivity contribution < 1.29 is 9.59 Å². The lowest BCUT2D eigenvalue weighted by Gasteiger charge is -2.19. The van der Waals surface area contributed by atoms with Gasteiger partial charge in [-0.05, 0) is 18.8 Å². The molecule has 0 aromatic rings. The molecule has 2 amide bonds. The Morgan fingerprint density at radius 1 is 1.44 bits per heavy atom. The van der Waals surface area contributed by atoms with Crippen LogP contribution in [0, 0.1) is 5.92 Å². The zero-order valence-electron chi connectivity index (χ0n) is 9.45. The van der Waals surface area contributed by atoms with Crippen LogP contribution < -0.4 is 10.7 Å². The van der Waals surface area contributed by atoms with E-state index in [0.717, 1.165) is 6.42 Å². The van der Waals surface area contributed by atoms with Crippen LogP contribution in [0.1, 0.15) is 39.0 Å². The molecule has 2 N–H and O–H groups in total. The van der Waals surface area contributed by atoms with Gasteiger partial charge in [-0.15, -0.1) is 0 Å². The van der Waals surface area contributed by atoms with E-state index in [4.69, 9.17) is 0 Å². The fourth-order valence-corrected chi connectivity index (χ4v) is 2.25. The Hall–Kier alpha value is -1.39. The number of rotatable bonds is 2. The summed E-state index contributed by atoms with van der Waals surface area (Å²) in [6.07, 6.45) is 4.20. The predicted octanol–water partition coefficient (Wildman–Crippen LogP) is 0.557. The molecule has 1 heterocycles. The first-order chi connectivity index (χ1) is 7.66. The lowest BCUT2D eigenvalue weighted by molar-refractivity contribution is -0.121. The van der Waals surface area contributed by atoms with Crippen molar-refractivity contribution in [3.63, 3.8) is 0 Å². The van der Waals surface area contributed by atoms with Gasteiger partial charge in [-0.2, -0.15) is 5.10 Å². The summed E-state index contributed by atoms with van der Waals surface area (Å²) < 4.78 is 0. The van der Waals surface area contributed by atoms with Crippen molar-refractivity contribution >= 4 is 17.5 Å². The van der Waals surface area contributed by atoms with E-state index >= 15 is 0 Å². The Morgan fingerprint density at radius 3 is 2.81 bits per heavy atom. The molecule has 5 heteroatoms. The summed E-state index contributed by atoms with van der Waals surface area (Å²) in [5.41, 5.74) is 2.78. The number of carbonyl (C=O) groups excluding carboxylic acids is 2. The molecule has 5 nitrogen and oxygen atoms in total. The van der Waals surface area contributed by atoms with Gasteiger partial charge in [0.15, 0.2) is 0 Å². The molecule has 1 aliphatic carbocycles. The van der Waals surface area contributed by atoms with E-state index in [-0.39, 0.29) is 17.9 Å². The second-order valence-electron chi connectivity index (χ2n) is 4.58. The predicted molar refractivity (Wildman–Crippen MR) is 59.8 cm³/mol. The molecule has 2 unspecified atom stereocenters. The van der Waals surface area contributed by atoms with E-state index in [9.17, 15) is 9.59 Å². The molecule has 0 bridgehead atoms. The monoisotopic (exact) mass is 223 g/mol. The van der Waals surface area contributed by atoms with Gasteiger partial charge in [-0.25, -0.2) is 5.43 Å². The molecule has 2 aliphatic rings. The van der Waals surface area contributed by atoms with Crippen molar-refractivity contribution in [2.24, 2.45) is 11.0 Å². The van der Waals surface area contributed by atoms with Crippen molar-refractivity contribution in [3.05, 3.63) is 0 Å². The maximum atomic E-state index is 11.8. The van der Waals surface area contributed by atoms with Gasteiger partial charge in [0.25, 0.3) is 5.91 Å². The first kappa shape index (κ1) is 11.1. The van der Waals surface area contributed by atoms with E-state index in [2.05, 4.69) is 22.8 Å². The summed E-state index contributed by atoms with van der Waals surface area (Å²) in [6.45, 7) is 2.16. The summed E-state index contributed by atoms with van der Waals surface area (Å²) in [5, 5.41) is 6.77. The van der Waals surface area contributed by atoms with Crippen LogP contribution in [0.5, 0.6) is 0 Å². The van der Waals surface area contributed by atoms with Crippen LogP contribution >= 0.6 is 0 Å². The van der Waals surface area contributed by atoms with E-state index in [1.54, 1.807) is 0 Å². The number of hydrazone groups is 1. The third kappa shape index (κ3) is 2.40. The molecule has 88 valence electrons. The lowest BCUT2D eigenvalue weighted by atomic mass is 10.1. The molecule has 0 saturated heterocycles. The average molecular weight is 223 g/mol. The van der Waals surface area contributed by atoms with Gasteiger partial charge in [0.05, 0.1) is 0 Å². The number of nitrogens with zero attached hydrogens (tertiary/aromatic N) is 1. The number of carbonyl (C=O) groups is 2. The Kier molecular flexibility index (Phi) is 3.22. The normalized spacial score (nSPS) is 29.6. The standard InChI is InChI=1S/C11H17N3O2/c1-7-3-2-4-8(7)12-11(16)9-5-6-10(15)14-13-9/h7-8H,2-6H2,1H3,(H,12,16)(H,14,15). The van der Waals surface area contributed by atoms with Crippen molar-refractivity contribution in [1.29, 1.82) is 0 Å². The highest BCUT2D eigenvalue weighted by atomic mass is 16.2. The molecule has 0 radical (unpaired) electrons. The summed E-state index contributed by atoms with van der Waals surface area (Å²) in [7, 11) is 0. The van der Waals surface area contributed by atoms with Crippen LogP contribution in [0.3, 0.4) is 0 Å². The lowest BCUT2D eigenvalue weighted by Crippen LogP contribution is -2.43. The first-order valence-corrected chi connectivity index (χ1v) is 5.83. The third-order valence-corrected chi connectivity index (χ3v) is 3.34. The van der Waals surface area contributed by atoms with Gasteiger partial charge in [0.2, 0.25) is 5.91 Å². The number of nitrogens with one attached hydrogen (secondary N) is 2. The Morgan fingerprint density at radius 2 is 2.25 bits per heavy atom. The van der Waals surface area contributed by atoms with Crippen molar-refractivity contribution in [2.75, 3.05) is 0 Å². The Labute approximate surface area is 94.7 Å². The molecule has 1 fully saturated rings. The zero-order valence-corrected chi connectivity index (χ0v) is 9.45. The third-order valence-electron chi connectivity index (χ3n) is 3.34. The molecule has 2 rings (SSSR count). The first-order valence-electron chi connectivity index (χ1n) is 5.83. The van der Waals surface area contributed by atoms with Crippen molar-refractivity contribution in [3.8, 4) is 0 Å². The molecule has 0 aromatic carbocycles. The summed E-state index contributed by atoms with van der Waals surface area (Å²) >= 11 is 0. The van der Waals surface area contributed by atoms with Gasteiger partial charge >= 0.3 is 0 Å². The number of hydrogen-bond acceptors (Lipinski definition) is 3.